The Kier molecular flexibility index (Phi) is 4.98. The van der Waals surface area contributed by atoms with Crippen LogP contribution in [0.1, 0.15) is 13.3 Å². The van der Waals surface area contributed by atoms with Gasteiger partial charge >= 0.3 is 0 Å². The molecule has 1 heterocycles. The fraction of sp³-hybridized carbons (Fsp3) is 1.00. The van der Waals surface area contributed by atoms with Crippen LogP contribution in [0.4, 0.5) is 0 Å². The average molecular weight is 236 g/mol. The lowest BCUT2D eigenvalue weighted by molar-refractivity contribution is 0.175. The third-order valence-corrected chi connectivity index (χ3v) is 4.41. The number of nitrogens with zero attached hydrogens (tertiary/aromatic N) is 1. The summed E-state index contributed by atoms with van der Waals surface area (Å²) in [5, 5.41) is 3.28. The van der Waals surface area contributed by atoms with Crippen molar-refractivity contribution < 1.29 is 13.2 Å². The Balaban J connectivity index is 2.65. The Morgan fingerprint density at radius 3 is 2.93 bits per heavy atom. The van der Waals surface area contributed by atoms with E-state index >= 15 is 0 Å². The molecule has 0 aliphatic carbocycles. The molecule has 15 heavy (non-hydrogen) atoms. The minimum Gasteiger partial charge on any atom is -0.383 e. The highest BCUT2D eigenvalue weighted by atomic mass is 32.2. The Hall–Kier alpha value is -0.170. The minimum absolute atomic E-state index is 0.205. The van der Waals surface area contributed by atoms with E-state index < -0.39 is 10.0 Å². The standard InChI is InChI=1S/C9H20N2O3S/c1-9-8-11(5-6-14-2)15(12,13)7-3-4-10-9/h9-10H,3-8H2,1-2H3. The van der Waals surface area contributed by atoms with Gasteiger partial charge in [-0.2, -0.15) is 4.31 Å². The Bertz CT molecular complexity index is 279. The van der Waals surface area contributed by atoms with Gasteiger partial charge in [0.15, 0.2) is 0 Å². The highest BCUT2D eigenvalue weighted by molar-refractivity contribution is 7.89. The molecule has 6 heteroatoms. The molecule has 1 saturated heterocycles. The molecule has 0 radical (unpaired) electrons. The van der Waals surface area contributed by atoms with Crippen LogP contribution in [0.2, 0.25) is 0 Å². The lowest BCUT2D eigenvalue weighted by Gasteiger charge is -2.28. The van der Waals surface area contributed by atoms with Crippen molar-refractivity contribution in [3.8, 4) is 0 Å². The molecule has 0 amide bonds. The van der Waals surface area contributed by atoms with Gasteiger partial charge in [-0.15, -0.1) is 0 Å². The Morgan fingerprint density at radius 1 is 1.53 bits per heavy atom. The van der Waals surface area contributed by atoms with Gasteiger partial charge in [0, 0.05) is 26.2 Å². The molecule has 1 aliphatic rings. The van der Waals surface area contributed by atoms with E-state index in [2.05, 4.69) is 5.32 Å². The zero-order chi connectivity index (χ0) is 11.3. The molecule has 1 rings (SSSR count). The molecule has 0 aromatic carbocycles. The number of hydrogen-bond donors (Lipinski definition) is 1. The van der Waals surface area contributed by atoms with E-state index in [9.17, 15) is 8.42 Å². The number of nitrogens with one attached hydrogen (secondary N) is 1. The first-order valence-electron chi connectivity index (χ1n) is 5.26. The number of ether oxygens (including phenoxy) is 1. The molecule has 5 nitrogen and oxygen atoms in total. The van der Waals surface area contributed by atoms with E-state index in [1.807, 2.05) is 6.92 Å². The van der Waals surface area contributed by atoms with Gasteiger partial charge in [0.05, 0.1) is 12.4 Å². The molecular weight excluding hydrogens is 216 g/mol. The van der Waals surface area contributed by atoms with Crippen LogP contribution in [0.25, 0.3) is 0 Å². The number of rotatable bonds is 3. The van der Waals surface area contributed by atoms with Crippen molar-refractivity contribution in [3.05, 3.63) is 0 Å². The normalized spacial score (nSPS) is 28.3. The van der Waals surface area contributed by atoms with Crippen LogP contribution in [0.5, 0.6) is 0 Å². The van der Waals surface area contributed by atoms with E-state index in [1.54, 1.807) is 7.11 Å². The maximum Gasteiger partial charge on any atom is 0.214 e. The summed E-state index contributed by atoms with van der Waals surface area (Å²) in [6.07, 6.45) is 0.677. The molecule has 90 valence electrons. The summed E-state index contributed by atoms with van der Waals surface area (Å²) in [7, 11) is -1.49. The molecule has 0 bridgehead atoms. The highest BCUT2D eigenvalue weighted by Crippen LogP contribution is 2.07. The summed E-state index contributed by atoms with van der Waals surface area (Å²) in [5.74, 6) is 0.233. The predicted octanol–water partition coefficient (Wildman–Crippen LogP) is -0.354. The van der Waals surface area contributed by atoms with Crippen LogP contribution >= 0.6 is 0 Å². The zero-order valence-corrected chi connectivity index (χ0v) is 10.2. The minimum atomic E-state index is -3.08. The molecule has 1 N–H and O–H groups in total. The summed E-state index contributed by atoms with van der Waals surface area (Å²) in [5.41, 5.74) is 0. The van der Waals surface area contributed by atoms with Crippen LogP contribution < -0.4 is 5.32 Å². The maximum absolute atomic E-state index is 11.8. The van der Waals surface area contributed by atoms with Gasteiger partial charge in [0.25, 0.3) is 0 Å². The van der Waals surface area contributed by atoms with Crippen molar-refractivity contribution in [2.24, 2.45) is 0 Å². The van der Waals surface area contributed by atoms with Crippen molar-refractivity contribution in [2.45, 2.75) is 19.4 Å². The highest BCUT2D eigenvalue weighted by Gasteiger charge is 2.24. The fourth-order valence-electron chi connectivity index (χ4n) is 1.64. The van der Waals surface area contributed by atoms with E-state index in [0.717, 1.165) is 6.54 Å². The zero-order valence-electron chi connectivity index (χ0n) is 9.40. The largest absolute Gasteiger partial charge is 0.383 e. The molecule has 1 fully saturated rings. The Labute approximate surface area is 91.8 Å². The number of methoxy groups -OCH3 is 1. The molecule has 0 saturated carbocycles. The van der Waals surface area contributed by atoms with Gasteiger partial charge in [-0.25, -0.2) is 8.42 Å². The SMILES string of the molecule is COCCN1CC(C)NCCCS1(=O)=O. The summed E-state index contributed by atoms with van der Waals surface area (Å²) in [6, 6.07) is 0.205. The quantitative estimate of drug-likeness (QED) is 0.727. The second-order valence-electron chi connectivity index (χ2n) is 3.88. The number of hydrogen-bond acceptors (Lipinski definition) is 4. The van der Waals surface area contributed by atoms with E-state index in [1.165, 1.54) is 4.31 Å². The van der Waals surface area contributed by atoms with E-state index in [0.29, 0.717) is 26.1 Å². The van der Waals surface area contributed by atoms with Crippen LogP contribution in [0.15, 0.2) is 0 Å². The summed E-state index contributed by atoms with van der Waals surface area (Å²) in [6.45, 7) is 4.21. The summed E-state index contributed by atoms with van der Waals surface area (Å²) >= 11 is 0. The third-order valence-electron chi connectivity index (χ3n) is 2.49. The van der Waals surface area contributed by atoms with Crippen LogP contribution in [0.3, 0.4) is 0 Å². The lowest BCUT2D eigenvalue weighted by Crippen LogP contribution is -2.47. The van der Waals surface area contributed by atoms with Crippen LogP contribution in [0, 0.1) is 0 Å². The molecule has 0 spiro atoms. The smallest absolute Gasteiger partial charge is 0.214 e. The Morgan fingerprint density at radius 2 is 2.27 bits per heavy atom. The molecule has 1 atom stereocenters. The van der Waals surface area contributed by atoms with Crippen molar-refractivity contribution in [1.29, 1.82) is 0 Å². The van der Waals surface area contributed by atoms with Crippen molar-refractivity contribution >= 4 is 10.0 Å². The molecular formula is C9H20N2O3S. The average Bonchev–Trinajstić information content (AvgIpc) is 2.17. The molecule has 0 aromatic rings. The third kappa shape index (κ3) is 4.06. The monoisotopic (exact) mass is 236 g/mol. The molecule has 1 aliphatic heterocycles. The van der Waals surface area contributed by atoms with Gasteiger partial charge in [-0.3, -0.25) is 0 Å². The van der Waals surface area contributed by atoms with Gasteiger partial charge in [-0.05, 0) is 19.9 Å². The van der Waals surface area contributed by atoms with Crippen molar-refractivity contribution in [2.75, 3.05) is 39.1 Å². The van der Waals surface area contributed by atoms with E-state index in [4.69, 9.17) is 4.74 Å². The summed E-state index contributed by atoms with van der Waals surface area (Å²) < 4.78 is 30.1. The van der Waals surface area contributed by atoms with Crippen molar-refractivity contribution in [1.82, 2.24) is 9.62 Å². The second kappa shape index (κ2) is 5.79. The van der Waals surface area contributed by atoms with E-state index in [-0.39, 0.29) is 11.8 Å². The summed E-state index contributed by atoms with van der Waals surface area (Å²) in [4.78, 5) is 0. The second-order valence-corrected chi connectivity index (χ2v) is 5.96. The predicted molar refractivity (Wildman–Crippen MR) is 59.3 cm³/mol. The van der Waals surface area contributed by atoms with Gasteiger partial charge in [0.2, 0.25) is 10.0 Å². The first kappa shape index (κ1) is 12.9. The lowest BCUT2D eigenvalue weighted by atomic mass is 10.3. The number of sulfonamides is 1. The first-order valence-corrected chi connectivity index (χ1v) is 6.87. The van der Waals surface area contributed by atoms with Gasteiger partial charge in [0.1, 0.15) is 0 Å². The van der Waals surface area contributed by atoms with Crippen molar-refractivity contribution in [3.63, 3.8) is 0 Å². The maximum atomic E-state index is 11.8. The first-order chi connectivity index (χ1) is 7.06. The van der Waals surface area contributed by atoms with Gasteiger partial charge in [-0.1, -0.05) is 0 Å². The van der Waals surface area contributed by atoms with Crippen LogP contribution in [-0.2, 0) is 14.8 Å². The molecule has 0 aromatic heterocycles. The topological polar surface area (TPSA) is 58.6 Å². The van der Waals surface area contributed by atoms with Gasteiger partial charge < -0.3 is 10.1 Å². The fourth-order valence-corrected chi connectivity index (χ4v) is 3.21. The van der Waals surface area contributed by atoms with Crippen LogP contribution in [-0.4, -0.2) is 57.9 Å². The molecule has 1 unspecified atom stereocenters.